The summed E-state index contributed by atoms with van der Waals surface area (Å²) in [7, 11) is 0. The smallest absolute Gasteiger partial charge is 0.263 e. The van der Waals surface area contributed by atoms with Crippen molar-refractivity contribution in [1.82, 2.24) is 0 Å². The molecular weight excluding hydrogens is 267 g/mol. The highest BCUT2D eigenvalue weighted by molar-refractivity contribution is 6.12. The maximum absolute atomic E-state index is 12.7. The largest absolute Gasteiger partial charge is 0.507 e. The summed E-state index contributed by atoms with van der Waals surface area (Å²) < 4.78 is 12.7. The fraction of sp³-hybridized carbons (Fsp3) is 0. The first kappa shape index (κ1) is 14.9. The number of amides is 1. The second-order valence-corrected chi connectivity index (χ2v) is 3.60. The molecule has 102 valence electrons. The molecule has 0 heterocycles. The molecule has 0 aliphatic carbocycles. The van der Waals surface area contributed by atoms with E-state index in [-0.39, 0.29) is 5.56 Å². The van der Waals surface area contributed by atoms with Gasteiger partial charge in [0.15, 0.2) is 11.3 Å². The minimum absolute atomic E-state index is 0.116. The number of aliphatic hydroxyl groups is 2. The molecule has 0 unspecified atom stereocenters. The Labute approximate surface area is 112 Å². The number of benzene rings is 1. The number of rotatable bonds is 4. The molecule has 0 saturated carbocycles. The highest BCUT2D eigenvalue weighted by Crippen LogP contribution is 2.13. The highest BCUT2D eigenvalue weighted by Gasteiger charge is 2.17. The Morgan fingerprint density at radius 2 is 1.80 bits per heavy atom. The van der Waals surface area contributed by atoms with E-state index in [1.54, 1.807) is 0 Å². The van der Waals surface area contributed by atoms with Gasteiger partial charge in [0, 0.05) is 11.6 Å². The Kier molecular flexibility index (Phi) is 4.59. The SMILES string of the molecule is N#C/C(C(N)=O)=C(\O)C(=O)/C=C(\O)c1ccc(F)cc1. The maximum atomic E-state index is 12.7. The molecule has 7 heteroatoms. The van der Waals surface area contributed by atoms with Crippen LogP contribution in [0.4, 0.5) is 4.39 Å². The summed E-state index contributed by atoms with van der Waals surface area (Å²) in [6, 6.07) is 5.80. The minimum Gasteiger partial charge on any atom is -0.507 e. The number of nitrogens with zero attached hydrogens (tertiary/aromatic N) is 1. The third-order valence-corrected chi connectivity index (χ3v) is 2.24. The van der Waals surface area contributed by atoms with Crippen molar-refractivity contribution in [2.45, 2.75) is 0 Å². The van der Waals surface area contributed by atoms with Gasteiger partial charge in [0.1, 0.15) is 17.6 Å². The van der Waals surface area contributed by atoms with E-state index in [2.05, 4.69) is 0 Å². The third kappa shape index (κ3) is 3.43. The summed E-state index contributed by atoms with van der Waals surface area (Å²) >= 11 is 0. The van der Waals surface area contributed by atoms with E-state index in [0.717, 1.165) is 12.1 Å². The second kappa shape index (κ2) is 6.15. The topological polar surface area (TPSA) is 124 Å². The number of primary amides is 1. The Balaban J connectivity index is 3.11. The quantitative estimate of drug-likeness (QED) is 0.431. The zero-order chi connectivity index (χ0) is 15.3. The van der Waals surface area contributed by atoms with Crippen molar-refractivity contribution in [2.24, 2.45) is 5.73 Å². The van der Waals surface area contributed by atoms with Crippen LogP contribution in [0.2, 0.25) is 0 Å². The number of nitriles is 1. The standard InChI is InChI=1S/C13H9FN2O4/c14-8-3-1-7(2-4-8)10(17)5-11(18)12(19)9(6-15)13(16)20/h1-5,17,19H,(H2,16,20)/b10-5-,12-9+. The van der Waals surface area contributed by atoms with Crippen LogP contribution in [-0.2, 0) is 9.59 Å². The Morgan fingerprint density at radius 1 is 1.25 bits per heavy atom. The van der Waals surface area contributed by atoms with Crippen molar-refractivity contribution in [1.29, 1.82) is 5.26 Å². The second-order valence-electron chi connectivity index (χ2n) is 3.60. The molecule has 1 aromatic carbocycles. The lowest BCUT2D eigenvalue weighted by molar-refractivity contribution is -0.116. The molecule has 1 amide bonds. The molecule has 0 fully saturated rings. The number of nitrogens with two attached hydrogens (primary N) is 1. The first-order valence-electron chi connectivity index (χ1n) is 5.21. The van der Waals surface area contributed by atoms with Crippen LogP contribution in [0.3, 0.4) is 0 Å². The van der Waals surface area contributed by atoms with E-state index >= 15 is 0 Å². The van der Waals surface area contributed by atoms with E-state index in [1.165, 1.54) is 18.2 Å². The number of carbonyl (C=O) groups excluding carboxylic acids is 2. The number of hydrogen-bond donors (Lipinski definition) is 3. The number of halogens is 1. The Bertz CT molecular complexity index is 654. The lowest BCUT2D eigenvalue weighted by Gasteiger charge is -2.01. The average molecular weight is 276 g/mol. The van der Waals surface area contributed by atoms with Crippen LogP contribution in [0.15, 0.2) is 41.7 Å². The molecule has 0 spiro atoms. The molecule has 1 rings (SSSR count). The summed E-state index contributed by atoms with van der Waals surface area (Å²) in [6.45, 7) is 0. The van der Waals surface area contributed by atoms with Gasteiger partial charge in [-0.05, 0) is 24.3 Å². The molecule has 0 atom stereocenters. The molecule has 0 aromatic heterocycles. The van der Waals surface area contributed by atoms with Crippen LogP contribution in [0, 0.1) is 17.1 Å². The molecular formula is C13H9FN2O4. The number of ketones is 1. The fourth-order valence-electron chi connectivity index (χ4n) is 1.24. The van der Waals surface area contributed by atoms with Gasteiger partial charge in [-0.1, -0.05) is 0 Å². The highest BCUT2D eigenvalue weighted by atomic mass is 19.1. The van der Waals surface area contributed by atoms with Crippen molar-refractivity contribution >= 4 is 17.4 Å². The molecule has 1 aromatic rings. The van der Waals surface area contributed by atoms with E-state index in [1.807, 2.05) is 0 Å². The van der Waals surface area contributed by atoms with Crippen molar-refractivity contribution in [3.8, 4) is 6.07 Å². The van der Waals surface area contributed by atoms with Crippen molar-refractivity contribution < 1.29 is 24.2 Å². The van der Waals surface area contributed by atoms with Crippen molar-refractivity contribution in [3.05, 3.63) is 53.1 Å². The van der Waals surface area contributed by atoms with Gasteiger partial charge < -0.3 is 15.9 Å². The van der Waals surface area contributed by atoms with Gasteiger partial charge >= 0.3 is 0 Å². The maximum Gasteiger partial charge on any atom is 0.263 e. The van der Waals surface area contributed by atoms with Crippen LogP contribution in [0.1, 0.15) is 5.56 Å². The summed E-state index contributed by atoms with van der Waals surface area (Å²) in [4.78, 5) is 22.3. The summed E-state index contributed by atoms with van der Waals surface area (Å²) in [6.07, 6.45) is 0.586. The lowest BCUT2D eigenvalue weighted by Crippen LogP contribution is -2.17. The molecule has 0 radical (unpaired) electrons. The van der Waals surface area contributed by atoms with E-state index in [4.69, 9.17) is 11.0 Å². The average Bonchev–Trinajstić information content (AvgIpc) is 2.39. The number of allylic oxidation sites excluding steroid dienone is 1. The summed E-state index contributed by atoms with van der Waals surface area (Å²) in [5, 5.41) is 27.5. The van der Waals surface area contributed by atoms with E-state index in [0.29, 0.717) is 6.08 Å². The minimum atomic E-state index is -1.27. The van der Waals surface area contributed by atoms with Crippen LogP contribution in [0.25, 0.3) is 5.76 Å². The monoisotopic (exact) mass is 276 g/mol. The van der Waals surface area contributed by atoms with Gasteiger partial charge in [-0.15, -0.1) is 0 Å². The van der Waals surface area contributed by atoms with Crippen LogP contribution in [-0.4, -0.2) is 21.9 Å². The van der Waals surface area contributed by atoms with Crippen LogP contribution in [0.5, 0.6) is 0 Å². The first-order chi connectivity index (χ1) is 9.36. The molecule has 0 saturated heterocycles. The zero-order valence-electron chi connectivity index (χ0n) is 10.0. The first-order valence-corrected chi connectivity index (χ1v) is 5.21. The van der Waals surface area contributed by atoms with Gasteiger partial charge in [-0.2, -0.15) is 5.26 Å². The van der Waals surface area contributed by atoms with E-state index < -0.39 is 34.6 Å². The predicted molar refractivity (Wildman–Crippen MR) is 66.5 cm³/mol. The normalized spacial score (nSPS) is 12.3. The van der Waals surface area contributed by atoms with Gasteiger partial charge in [0.05, 0.1) is 0 Å². The predicted octanol–water partition coefficient (Wildman–Crippen LogP) is 1.11. The van der Waals surface area contributed by atoms with Crippen molar-refractivity contribution in [3.63, 3.8) is 0 Å². The van der Waals surface area contributed by atoms with Gasteiger partial charge in [0.25, 0.3) is 5.91 Å². The van der Waals surface area contributed by atoms with Gasteiger partial charge in [-0.3, -0.25) is 9.59 Å². The molecule has 0 aliphatic heterocycles. The number of aliphatic hydroxyl groups excluding tert-OH is 2. The third-order valence-electron chi connectivity index (χ3n) is 2.24. The van der Waals surface area contributed by atoms with Crippen LogP contribution >= 0.6 is 0 Å². The Morgan fingerprint density at radius 3 is 2.25 bits per heavy atom. The molecule has 6 nitrogen and oxygen atoms in total. The molecule has 20 heavy (non-hydrogen) atoms. The summed E-state index contributed by atoms with van der Waals surface area (Å²) in [5.41, 5.74) is 3.99. The summed E-state index contributed by atoms with van der Waals surface area (Å²) in [5.74, 6) is -4.72. The van der Waals surface area contributed by atoms with Gasteiger partial charge in [-0.25, -0.2) is 4.39 Å². The molecule has 0 bridgehead atoms. The Hall–Kier alpha value is -3.14. The lowest BCUT2D eigenvalue weighted by atomic mass is 10.1. The fourth-order valence-corrected chi connectivity index (χ4v) is 1.24. The van der Waals surface area contributed by atoms with Crippen LogP contribution < -0.4 is 5.73 Å². The molecule has 0 aliphatic rings. The van der Waals surface area contributed by atoms with E-state index in [9.17, 15) is 24.2 Å². The zero-order valence-corrected chi connectivity index (χ0v) is 10.0. The number of hydrogen-bond acceptors (Lipinski definition) is 5. The molecule has 4 N–H and O–H groups in total. The van der Waals surface area contributed by atoms with Crippen molar-refractivity contribution in [2.75, 3.05) is 0 Å². The number of carbonyl (C=O) groups is 2. The van der Waals surface area contributed by atoms with Gasteiger partial charge in [0.2, 0.25) is 5.78 Å².